The SMILES string of the molecule is OC12C=CC(O)(CCCC1)C2. The fourth-order valence-electron chi connectivity index (χ4n) is 2.16. The van der Waals surface area contributed by atoms with Crippen LogP contribution in [0.1, 0.15) is 32.1 Å². The fraction of sp³-hybridized carbons (Fsp3) is 0.778. The highest BCUT2D eigenvalue weighted by atomic mass is 16.3. The van der Waals surface area contributed by atoms with Crippen molar-refractivity contribution < 1.29 is 10.2 Å². The molecule has 2 atom stereocenters. The van der Waals surface area contributed by atoms with Gasteiger partial charge in [-0.15, -0.1) is 0 Å². The summed E-state index contributed by atoms with van der Waals surface area (Å²) in [4.78, 5) is 0. The Morgan fingerprint density at radius 2 is 1.36 bits per heavy atom. The van der Waals surface area contributed by atoms with Crippen molar-refractivity contribution in [3.8, 4) is 0 Å². The number of fused-ring (bicyclic) bond motifs is 2. The molecule has 62 valence electrons. The van der Waals surface area contributed by atoms with E-state index in [9.17, 15) is 10.2 Å². The quantitative estimate of drug-likeness (QED) is 0.511. The van der Waals surface area contributed by atoms with Crippen molar-refractivity contribution in [2.24, 2.45) is 0 Å². The summed E-state index contributed by atoms with van der Waals surface area (Å²) >= 11 is 0. The molecule has 2 nitrogen and oxygen atoms in total. The van der Waals surface area contributed by atoms with Gasteiger partial charge in [-0.25, -0.2) is 0 Å². The average molecular weight is 154 g/mol. The van der Waals surface area contributed by atoms with E-state index in [4.69, 9.17) is 0 Å². The van der Waals surface area contributed by atoms with Crippen LogP contribution in [-0.4, -0.2) is 21.4 Å². The van der Waals surface area contributed by atoms with E-state index in [1.807, 2.05) is 0 Å². The maximum Gasteiger partial charge on any atom is 0.0859 e. The van der Waals surface area contributed by atoms with E-state index in [2.05, 4.69) is 0 Å². The van der Waals surface area contributed by atoms with E-state index in [0.717, 1.165) is 25.7 Å². The van der Waals surface area contributed by atoms with Gasteiger partial charge in [-0.2, -0.15) is 0 Å². The Balaban J connectivity index is 2.26. The van der Waals surface area contributed by atoms with Gasteiger partial charge in [0.15, 0.2) is 0 Å². The fourth-order valence-corrected chi connectivity index (χ4v) is 2.16. The maximum atomic E-state index is 9.82. The zero-order valence-electron chi connectivity index (χ0n) is 6.58. The molecule has 0 heterocycles. The Morgan fingerprint density at radius 3 is 1.82 bits per heavy atom. The molecule has 0 aromatic heterocycles. The number of hydrogen-bond donors (Lipinski definition) is 2. The molecule has 0 aliphatic heterocycles. The minimum atomic E-state index is -0.689. The summed E-state index contributed by atoms with van der Waals surface area (Å²) < 4.78 is 0. The molecule has 1 saturated carbocycles. The van der Waals surface area contributed by atoms with E-state index in [1.165, 1.54) is 0 Å². The van der Waals surface area contributed by atoms with E-state index >= 15 is 0 Å². The number of aliphatic hydroxyl groups is 2. The molecule has 0 radical (unpaired) electrons. The van der Waals surface area contributed by atoms with Crippen LogP contribution in [0.5, 0.6) is 0 Å². The summed E-state index contributed by atoms with van der Waals surface area (Å²) in [6.45, 7) is 0. The Hall–Kier alpha value is -0.340. The van der Waals surface area contributed by atoms with E-state index in [-0.39, 0.29) is 0 Å². The molecule has 0 amide bonds. The van der Waals surface area contributed by atoms with Gasteiger partial charge in [0.25, 0.3) is 0 Å². The predicted octanol–water partition coefficient (Wildman–Crippen LogP) is 0.982. The van der Waals surface area contributed by atoms with Gasteiger partial charge in [0.1, 0.15) is 0 Å². The smallest absolute Gasteiger partial charge is 0.0859 e. The lowest BCUT2D eigenvalue weighted by molar-refractivity contribution is 0.0114. The van der Waals surface area contributed by atoms with Gasteiger partial charge in [0.05, 0.1) is 11.2 Å². The molecule has 2 unspecified atom stereocenters. The van der Waals surface area contributed by atoms with Crippen LogP contribution in [0.15, 0.2) is 12.2 Å². The molecule has 2 aliphatic rings. The average Bonchev–Trinajstić information content (AvgIpc) is 2.11. The lowest BCUT2D eigenvalue weighted by atomic mass is 9.94. The minimum absolute atomic E-state index is 0.514. The Morgan fingerprint density at radius 1 is 0.909 bits per heavy atom. The highest BCUT2D eigenvalue weighted by Crippen LogP contribution is 2.40. The molecule has 2 aliphatic carbocycles. The zero-order chi connectivity index (χ0) is 7.95. The largest absolute Gasteiger partial charge is 0.386 e. The first-order chi connectivity index (χ1) is 5.12. The first kappa shape index (κ1) is 7.32. The molecule has 1 fully saturated rings. The first-order valence-corrected chi connectivity index (χ1v) is 4.27. The molecule has 0 saturated heterocycles. The van der Waals surface area contributed by atoms with Crippen LogP contribution in [-0.2, 0) is 0 Å². The summed E-state index contributed by atoms with van der Waals surface area (Å²) in [6, 6.07) is 0. The minimum Gasteiger partial charge on any atom is -0.386 e. The molecule has 0 aromatic rings. The lowest BCUT2D eigenvalue weighted by Crippen LogP contribution is -2.30. The Bertz CT molecular complexity index is 180. The standard InChI is InChI=1S/C9H14O2/c10-8-3-1-2-4-9(11,7-8)6-5-8/h5-6,10-11H,1-4,7H2. The first-order valence-electron chi connectivity index (χ1n) is 4.27. The van der Waals surface area contributed by atoms with E-state index in [0.29, 0.717) is 6.42 Å². The highest BCUT2D eigenvalue weighted by Gasteiger charge is 2.42. The zero-order valence-corrected chi connectivity index (χ0v) is 6.58. The molecule has 2 N–H and O–H groups in total. The van der Waals surface area contributed by atoms with Crippen LogP contribution in [0.4, 0.5) is 0 Å². The summed E-state index contributed by atoms with van der Waals surface area (Å²) in [5.41, 5.74) is -1.38. The van der Waals surface area contributed by atoms with Crippen molar-refractivity contribution in [3.05, 3.63) is 12.2 Å². The van der Waals surface area contributed by atoms with Gasteiger partial charge in [0, 0.05) is 6.42 Å². The maximum absolute atomic E-state index is 9.82. The lowest BCUT2D eigenvalue weighted by Gasteiger charge is -2.22. The monoisotopic (exact) mass is 154 g/mol. The number of rotatable bonds is 0. The van der Waals surface area contributed by atoms with Gasteiger partial charge < -0.3 is 10.2 Å². The normalized spacial score (nSPS) is 49.3. The van der Waals surface area contributed by atoms with Crippen molar-refractivity contribution in [2.75, 3.05) is 0 Å². The molecule has 2 rings (SSSR count). The molecule has 2 bridgehead atoms. The van der Waals surface area contributed by atoms with Crippen molar-refractivity contribution in [1.29, 1.82) is 0 Å². The molecular formula is C9H14O2. The highest BCUT2D eigenvalue weighted by molar-refractivity contribution is 5.20. The Kier molecular flexibility index (Phi) is 1.38. The van der Waals surface area contributed by atoms with Crippen molar-refractivity contribution in [2.45, 2.75) is 43.3 Å². The molecule has 2 heteroatoms. The topological polar surface area (TPSA) is 40.5 Å². The van der Waals surface area contributed by atoms with Gasteiger partial charge in [0.2, 0.25) is 0 Å². The van der Waals surface area contributed by atoms with E-state index < -0.39 is 11.2 Å². The molecule has 11 heavy (non-hydrogen) atoms. The van der Waals surface area contributed by atoms with Crippen LogP contribution in [0.2, 0.25) is 0 Å². The Labute approximate surface area is 66.5 Å². The third kappa shape index (κ3) is 1.21. The van der Waals surface area contributed by atoms with Crippen molar-refractivity contribution in [3.63, 3.8) is 0 Å². The van der Waals surface area contributed by atoms with Gasteiger partial charge in [-0.3, -0.25) is 0 Å². The van der Waals surface area contributed by atoms with Gasteiger partial charge in [-0.1, -0.05) is 25.0 Å². The van der Waals surface area contributed by atoms with Crippen molar-refractivity contribution in [1.82, 2.24) is 0 Å². The molecule has 0 spiro atoms. The second-order valence-electron chi connectivity index (χ2n) is 3.92. The predicted molar refractivity (Wildman–Crippen MR) is 42.1 cm³/mol. The van der Waals surface area contributed by atoms with Crippen LogP contribution < -0.4 is 0 Å². The van der Waals surface area contributed by atoms with Gasteiger partial charge >= 0.3 is 0 Å². The third-order valence-electron chi connectivity index (χ3n) is 2.79. The molecular weight excluding hydrogens is 140 g/mol. The molecule has 0 aromatic carbocycles. The summed E-state index contributed by atoms with van der Waals surface area (Å²) in [7, 11) is 0. The summed E-state index contributed by atoms with van der Waals surface area (Å²) in [5, 5.41) is 19.6. The van der Waals surface area contributed by atoms with Crippen molar-refractivity contribution >= 4 is 0 Å². The summed E-state index contributed by atoms with van der Waals surface area (Å²) in [5.74, 6) is 0. The van der Waals surface area contributed by atoms with Gasteiger partial charge in [-0.05, 0) is 12.8 Å². The van der Waals surface area contributed by atoms with Crippen LogP contribution >= 0.6 is 0 Å². The number of hydrogen-bond acceptors (Lipinski definition) is 2. The second-order valence-corrected chi connectivity index (χ2v) is 3.92. The second kappa shape index (κ2) is 2.08. The van der Waals surface area contributed by atoms with Crippen LogP contribution in [0.25, 0.3) is 0 Å². The van der Waals surface area contributed by atoms with E-state index in [1.54, 1.807) is 12.2 Å². The van der Waals surface area contributed by atoms with Crippen LogP contribution in [0, 0.1) is 0 Å². The third-order valence-corrected chi connectivity index (χ3v) is 2.79. The van der Waals surface area contributed by atoms with Crippen LogP contribution in [0.3, 0.4) is 0 Å². The summed E-state index contributed by atoms with van der Waals surface area (Å²) in [6.07, 6.45) is 7.74.